The molecule has 1 heterocycles. The lowest BCUT2D eigenvalue weighted by Gasteiger charge is -2.27. The number of rotatable bonds is 7. The molecule has 1 amide bonds. The van der Waals surface area contributed by atoms with Crippen LogP contribution in [0.3, 0.4) is 0 Å². The molecule has 1 atom stereocenters. The third kappa shape index (κ3) is 4.25. The summed E-state index contributed by atoms with van der Waals surface area (Å²) < 4.78 is 6.76. The van der Waals surface area contributed by atoms with E-state index in [0.29, 0.717) is 36.3 Å². The van der Waals surface area contributed by atoms with Crippen LogP contribution in [0.25, 0.3) is 10.9 Å². The molecule has 1 aromatic heterocycles. The van der Waals surface area contributed by atoms with Gasteiger partial charge >= 0.3 is 0 Å². The lowest BCUT2D eigenvalue weighted by molar-refractivity contribution is -0.132. The van der Waals surface area contributed by atoms with Crippen LogP contribution in [0.1, 0.15) is 39.1 Å². The fraction of sp³-hybridized carbons (Fsp3) is 0.526. The van der Waals surface area contributed by atoms with Crippen molar-refractivity contribution in [2.45, 2.75) is 39.8 Å². The Balaban J connectivity index is 2.50. The van der Waals surface area contributed by atoms with E-state index in [1.165, 1.54) is 0 Å². The van der Waals surface area contributed by atoms with Crippen LogP contribution < -0.4 is 5.56 Å². The van der Waals surface area contributed by atoms with Crippen LogP contribution >= 0.6 is 0 Å². The van der Waals surface area contributed by atoms with Crippen molar-refractivity contribution >= 4 is 16.8 Å². The molecule has 0 saturated carbocycles. The molecule has 0 aliphatic carbocycles. The van der Waals surface area contributed by atoms with Crippen LogP contribution in [0.4, 0.5) is 0 Å². The number of hydrogen-bond donors (Lipinski definition) is 0. The maximum absolute atomic E-state index is 12.9. The van der Waals surface area contributed by atoms with Crippen molar-refractivity contribution in [3.63, 3.8) is 0 Å². The number of para-hydroxylation sites is 1. The Morgan fingerprint density at radius 1 is 1.28 bits per heavy atom. The smallest absolute Gasteiger partial charge is 0.261 e. The molecule has 0 N–H and O–H groups in total. The van der Waals surface area contributed by atoms with E-state index in [1.54, 1.807) is 29.7 Å². The number of fused-ring (bicyclic) bond motifs is 1. The third-order valence-electron chi connectivity index (χ3n) is 4.34. The van der Waals surface area contributed by atoms with Crippen LogP contribution in [-0.2, 0) is 16.1 Å². The zero-order chi connectivity index (χ0) is 18.6. The molecule has 1 unspecified atom stereocenters. The highest BCUT2D eigenvalue weighted by atomic mass is 16.5. The second kappa shape index (κ2) is 8.25. The molecule has 0 fully saturated rings. The first kappa shape index (κ1) is 19.1. The van der Waals surface area contributed by atoms with Gasteiger partial charge in [0, 0.05) is 20.6 Å². The van der Waals surface area contributed by atoms with Crippen molar-refractivity contribution < 1.29 is 9.53 Å². The molecule has 6 heteroatoms. The molecule has 6 nitrogen and oxygen atoms in total. The van der Waals surface area contributed by atoms with Gasteiger partial charge in [-0.15, -0.1) is 0 Å². The van der Waals surface area contributed by atoms with E-state index in [2.05, 4.69) is 4.98 Å². The first-order valence-electron chi connectivity index (χ1n) is 8.60. The largest absolute Gasteiger partial charge is 0.383 e. The molecule has 0 bridgehead atoms. The predicted molar refractivity (Wildman–Crippen MR) is 98.5 cm³/mol. The van der Waals surface area contributed by atoms with Gasteiger partial charge in [0.1, 0.15) is 5.82 Å². The molecule has 0 spiro atoms. The summed E-state index contributed by atoms with van der Waals surface area (Å²) in [5, 5.41) is 0.575. The van der Waals surface area contributed by atoms with Gasteiger partial charge in [0.2, 0.25) is 5.91 Å². The van der Waals surface area contributed by atoms with E-state index in [-0.39, 0.29) is 23.4 Å². The number of methoxy groups -OCH3 is 1. The molecule has 0 saturated heterocycles. The minimum absolute atomic E-state index is 0.0446. The summed E-state index contributed by atoms with van der Waals surface area (Å²) >= 11 is 0. The van der Waals surface area contributed by atoms with Crippen molar-refractivity contribution in [3.8, 4) is 0 Å². The van der Waals surface area contributed by atoms with E-state index in [0.717, 1.165) is 0 Å². The van der Waals surface area contributed by atoms with Gasteiger partial charge in [0.25, 0.3) is 5.56 Å². The van der Waals surface area contributed by atoms with Crippen LogP contribution in [0.2, 0.25) is 0 Å². The zero-order valence-corrected chi connectivity index (χ0v) is 15.7. The summed E-state index contributed by atoms with van der Waals surface area (Å²) in [6.07, 6.45) is 0.469. The Kier molecular flexibility index (Phi) is 6.31. The van der Waals surface area contributed by atoms with Crippen molar-refractivity contribution in [1.29, 1.82) is 0 Å². The lowest BCUT2D eigenvalue weighted by Crippen LogP contribution is -2.36. The molecule has 0 radical (unpaired) electrons. The SMILES string of the molecule is COCCn1c(C(C)N(C)C(=O)CC(C)C)nc2ccccc2c1=O. The van der Waals surface area contributed by atoms with E-state index >= 15 is 0 Å². The van der Waals surface area contributed by atoms with Gasteiger partial charge in [0.05, 0.1) is 30.1 Å². The quantitative estimate of drug-likeness (QED) is 0.774. The van der Waals surface area contributed by atoms with Gasteiger partial charge < -0.3 is 9.64 Å². The lowest BCUT2D eigenvalue weighted by atomic mass is 10.1. The van der Waals surface area contributed by atoms with Crippen molar-refractivity contribution in [2.75, 3.05) is 20.8 Å². The Bertz CT molecular complexity index is 798. The maximum Gasteiger partial charge on any atom is 0.261 e. The van der Waals surface area contributed by atoms with Crippen molar-refractivity contribution in [3.05, 3.63) is 40.4 Å². The van der Waals surface area contributed by atoms with Crippen LogP contribution in [-0.4, -0.2) is 41.1 Å². The molecule has 0 aliphatic rings. The number of nitrogens with zero attached hydrogens (tertiary/aromatic N) is 3. The Hall–Kier alpha value is -2.21. The number of carbonyl (C=O) groups is 1. The molecule has 0 aliphatic heterocycles. The standard InChI is InChI=1S/C19H27N3O3/c1-13(2)12-17(23)21(4)14(3)18-20-16-9-7-6-8-15(16)19(24)22(18)10-11-25-5/h6-9,13-14H,10-12H2,1-5H3. The van der Waals surface area contributed by atoms with Crippen LogP contribution in [0.5, 0.6) is 0 Å². The maximum atomic E-state index is 12.9. The van der Waals surface area contributed by atoms with Crippen molar-refractivity contribution in [1.82, 2.24) is 14.5 Å². The fourth-order valence-corrected chi connectivity index (χ4v) is 2.79. The average Bonchev–Trinajstić information content (AvgIpc) is 2.59. The summed E-state index contributed by atoms with van der Waals surface area (Å²) in [5.74, 6) is 0.908. The molecule has 25 heavy (non-hydrogen) atoms. The van der Waals surface area contributed by atoms with E-state index in [1.807, 2.05) is 39.0 Å². The predicted octanol–water partition coefficient (Wildman–Crippen LogP) is 2.61. The van der Waals surface area contributed by atoms with Crippen LogP contribution in [0.15, 0.2) is 29.1 Å². The van der Waals surface area contributed by atoms with Gasteiger partial charge in [-0.2, -0.15) is 0 Å². The minimum atomic E-state index is -0.305. The van der Waals surface area contributed by atoms with E-state index in [9.17, 15) is 9.59 Å². The average molecular weight is 345 g/mol. The highest BCUT2D eigenvalue weighted by molar-refractivity contribution is 5.78. The Labute approximate surface area is 148 Å². The number of amides is 1. The third-order valence-corrected chi connectivity index (χ3v) is 4.34. The number of ether oxygens (including phenoxy) is 1. The summed E-state index contributed by atoms with van der Waals surface area (Å²) in [5.41, 5.74) is 0.543. The molecule has 2 aromatic rings. The molecule has 1 aromatic carbocycles. The van der Waals surface area contributed by atoms with Gasteiger partial charge in [0.15, 0.2) is 0 Å². The van der Waals surface area contributed by atoms with E-state index in [4.69, 9.17) is 4.74 Å². The Morgan fingerprint density at radius 2 is 1.96 bits per heavy atom. The summed E-state index contributed by atoms with van der Waals surface area (Å²) in [6.45, 7) is 6.73. The zero-order valence-electron chi connectivity index (χ0n) is 15.7. The van der Waals surface area contributed by atoms with Gasteiger partial charge in [-0.3, -0.25) is 14.2 Å². The molecular formula is C19H27N3O3. The normalized spacial score (nSPS) is 12.6. The second-order valence-corrected chi connectivity index (χ2v) is 6.72. The summed E-state index contributed by atoms with van der Waals surface area (Å²) in [7, 11) is 3.36. The van der Waals surface area contributed by atoms with E-state index < -0.39 is 0 Å². The first-order valence-corrected chi connectivity index (χ1v) is 8.60. The molecular weight excluding hydrogens is 318 g/mol. The molecule has 136 valence electrons. The topological polar surface area (TPSA) is 64.4 Å². The summed E-state index contributed by atoms with van der Waals surface area (Å²) in [6, 6.07) is 6.98. The van der Waals surface area contributed by atoms with Crippen LogP contribution in [0, 0.1) is 5.92 Å². The number of benzene rings is 1. The van der Waals surface area contributed by atoms with Gasteiger partial charge in [-0.25, -0.2) is 4.98 Å². The fourth-order valence-electron chi connectivity index (χ4n) is 2.79. The first-order chi connectivity index (χ1) is 11.9. The highest BCUT2D eigenvalue weighted by Crippen LogP contribution is 2.20. The number of carbonyl (C=O) groups excluding carboxylic acids is 1. The number of hydrogen-bond acceptors (Lipinski definition) is 4. The second-order valence-electron chi connectivity index (χ2n) is 6.72. The highest BCUT2D eigenvalue weighted by Gasteiger charge is 2.23. The van der Waals surface area contributed by atoms with Gasteiger partial charge in [-0.05, 0) is 25.0 Å². The summed E-state index contributed by atoms with van der Waals surface area (Å²) in [4.78, 5) is 31.7. The number of aromatic nitrogens is 2. The van der Waals surface area contributed by atoms with Gasteiger partial charge in [-0.1, -0.05) is 26.0 Å². The molecule has 2 rings (SSSR count). The van der Waals surface area contributed by atoms with Crippen molar-refractivity contribution in [2.24, 2.45) is 5.92 Å². The minimum Gasteiger partial charge on any atom is -0.383 e. The Morgan fingerprint density at radius 3 is 2.60 bits per heavy atom. The monoisotopic (exact) mass is 345 g/mol.